The summed E-state index contributed by atoms with van der Waals surface area (Å²) in [7, 11) is 0. The van der Waals surface area contributed by atoms with Gasteiger partial charge >= 0.3 is 23.9 Å². The molecule has 5 atom stereocenters. The van der Waals surface area contributed by atoms with Crippen LogP contribution in [0.4, 0.5) is 0 Å². The van der Waals surface area contributed by atoms with Crippen LogP contribution in [0.5, 0.6) is 0 Å². The van der Waals surface area contributed by atoms with Crippen LogP contribution in [0.3, 0.4) is 0 Å². The Balaban J connectivity index is 3.19. The molecule has 1 aliphatic rings. The third-order valence-electron chi connectivity index (χ3n) is 2.96. The van der Waals surface area contributed by atoms with Crippen molar-refractivity contribution in [3.63, 3.8) is 0 Å². The maximum Gasteiger partial charge on any atom is 0.339 e. The van der Waals surface area contributed by atoms with E-state index >= 15 is 0 Å². The lowest BCUT2D eigenvalue weighted by atomic mass is 9.99. The van der Waals surface area contributed by atoms with Crippen molar-refractivity contribution in [1.29, 1.82) is 0 Å². The highest BCUT2D eigenvalue weighted by Crippen LogP contribution is 2.32. The summed E-state index contributed by atoms with van der Waals surface area (Å²) < 4.78 is 25.7. The molecule has 0 saturated carbocycles. The van der Waals surface area contributed by atoms with Gasteiger partial charge in [0.25, 0.3) is 0 Å². The second kappa shape index (κ2) is 9.52. The summed E-state index contributed by atoms with van der Waals surface area (Å²) in [6, 6.07) is 0. The van der Waals surface area contributed by atoms with Crippen molar-refractivity contribution < 1.29 is 42.9 Å². The van der Waals surface area contributed by atoms with Crippen molar-refractivity contribution >= 4 is 39.8 Å². The van der Waals surface area contributed by atoms with Crippen molar-refractivity contribution in [2.45, 2.75) is 50.2 Å². The van der Waals surface area contributed by atoms with Crippen molar-refractivity contribution in [1.82, 2.24) is 0 Å². The molecule has 1 saturated heterocycles. The maximum atomic E-state index is 12.2. The van der Waals surface area contributed by atoms with Gasteiger partial charge in [0.15, 0.2) is 29.4 Å². The Morgan fingerprint density at radius 2 is 1.44 bits per heavy atom. The number of carbonyl (C=O) groups is 4. The van der Waals surface area contributed by atoms with Crippen molar-refractivity contribution in [2.24, 2.45) is 0 Å². The summed E-state index contributed by atoms with van der Waals surface area (Å²) in [4.78, 5) is 46.4. The fourth-order valence-corrected chi connectivity index (χ4v) is 2.82. The van der Waals surface area contributed by atoms with Gasteiger partial charge < -0.3 is 23.7 Å². The number of hydrogen-bond acceptors (Lipinski definition) is 9. The van der Waals surface area contributed by atoms with Gasteiger partial charge in [0.1, 0.15) is 6.61 Å². The third kappa shape index (κ3) is 6.13. The lowest BCUT2D eigenvalue weighted by Crippen LogP contribution is -2.62. The number of carbonyl (C=O) groups excluding carboxylic acids is 4. The molecule has 10 heteroatoms. The predicted octanol–water partition coefficient (Wildman–Crippen LogP) is 0.630. The van der Waals surface area contributed by atoms with Gasteiger partial charge in [0.05, 0.1) is 0 Å². The van der Waals surface area contributed by atoms with Crippen LogP contribution in [0.1, 0.15) is 20.8 Å². The Bertz CT molecular complexity index is 547. The number of rotatable bonds is 6. The zero-order chi connectivity index (χ0) is 19.1. The highest BCUT2D eigenvalue weighted by molar-refractivity contribution is 9.09. The van der Waals surface area contributed by atoms with Gasteiger partial charge in [-0.05, 0) is 0 Å². The minimum atomic E-state index is -1.40. The maximum absolute atomic E-state index is 12.2. The lowest BCUT2D eigenvalue weighted by Gasteiger charge is -2.41. The molecule has 1 unspecified atom stereocenters. The van der Waals surface area contributed by atoms with E-state index in [1.807, 2.05) is 0 Å². The number of esters is 4. The van der Waals surface area contributed by atoms with Gasteiger partial charge in [-0.3, -0.25) is 14.4 Å². The molecule has 9 nitrogen and oxygen atoms in total. The topological polar surface area (TPSA) is 114 Å². The Kier molecular flexibility index (Phi) is 8.04. The van der Waals surface area contributed by atoms with Crippen LogP contribution in [-0.2, 0) is 42.9 Å². The first-order chi connectivity index (χ1) is 11.7. The summed E-state index contributed by atoms with van der Waals surface area (Å²) in [5.41, 5.74) is 0. The van der Waals surface area contributed by atoms with Gasteiger partial charge in [-0.25, -0.2) is 4.79 Å². The number of halogens is 1. The third-order valence-corrected chi connectivity index (χ3v) is 3.70. The van der Waals surface area contributed by atoms with E-state index in [-0.39, 0.29) is 6.61 Å². The van der Waals surface area contributed by atoms with E-state index < -0.39 is 53.3 Å². The molecule has 1 heterocycles. The molecule has 0 aromatic heterocycles. The van der Waals surface area contributed by atoms with E-state index in [1.165, 1.54) is 6.08 Å². The Hall–Kier alpha value is -1.94. The summed E-state index contributed by atoms with van der Waals surface area (Å²) in [6.07, 6.45) is -3.83. The van der Waals surface area contributed by atoms with E-state index in [2.05, 4.69) is 22.5 Å². The van der Waals surface area contributed by atoms with Crippen LogP contribution in [0.25, 0.3) is 0 Å². The van der Waals surface area contributed by atoms with E-state index in [0.29, 0.717) is 0 Å². The SMILES string of the molecule is C=CCOC(=O)[C@H]1OC(Br)[C@H](OC(C)=O)[C@@H](OC(C)=O)[C@@H]1OC(C)=O. The molecule has 0 radical (unpaired) electrons. The quantitative estimate of drug-likeness (QED) is 0.263. The smallest absolute Gasteiger partial charge is 0.339 e. The zero-order valence-electron chi connectivity index (χ0n) is 13.9. The lowest BCUT2D eigenvalue weighted by molar-refractivity contribution is -0.234. The molecule has 0 N–H and O–H groups in total. The Morgan fingerprint density at radius 3 is 1.92 bits per heavy atom. The number of alkyl halides is 1. The second-order valence-corrected chi connectivity index (χ2v) is 5.95. The number of hydrogen-bond donors (Lipinski definition) is 0. The van der Waals surface area contributed by atoms with Crippen LogP contribution in [0.2, 0.25) is 0 Å². The molecule has 0 aromatic carbocycles. The normalized spacial score (nSPS) is 28.4. The van der Waals surface area contributed by atoms with Gasteiger partial charge in [0.2, 0.25) is 0 Å². The molecule has 1 rings (SSSR count). The van der Waals surface area contributed by atoms with Crippen molar-refractivity contribution in [3.8, 4) is 0 Å². The molecular formula is C15H19BrO9. The first kappa shape index (κ1) is 21.1. The molecule has 0 aliphatic carbocycles. The minimum Gasteiger partial charge on any atom is -0.459 e. The molecular weight excluding hydrogens is 404 g/mol. The second-order valence-electron chi connectivity index (χ2n) is 5.05. The molecule has 25 heavy (non-hydrogen) atoms. The molecule has 140 valence electrons. The largest absolute Gasteiger partial charge is 0.459 e. The molecule has 1 aliphatic heterocycles. The van der Waals surface area contributed by atoms with Crippen LogP contribution in [-0.4, -0.2) is 59.9 Å². The first-order valence-corrected chi connectivity index (χ1v) is 8.17. The Labute approximate surface area is 152 Å². The molecule has 0 bridgehead atoms. The van der Waals surface area contributed by atoms with E-state index in [4.69, 9.17) is 23.7 Å². The summed E-state index contributed by atoms with van der Waals surface area (Å²) in [5.74, 6) is -3.00. The van der Waals surface area contributed by atoms with Crippen LogP contribution < -0.4 is 0 Å². The average Bonchev–Trinajstić information content (AvgIpc) is 2.49. The molecule has 0 aromatic rings. The summed E-state index contributed by atoms with van der Waals surface area (Å²) >= 11 is 3.13. The van der Waals surface area contributed by atoms with Crippen molar-refractivity contribution in [2.75, 3.05) is 6.61 Å². The number of ether oxygens (including phenoxy) is 5. The predicted molar refractivity (Wildman–Crippen MR) is 85.4 cm³/mol. The van der Waals surface area contributed by atoms with E-state index in [0.717, 1.165) is 20.8 Å². The fourth-order valence-electron chi connectivity index (χ4n) is 2.17. The van der Waals surface area contributed by atoms with Gasteiger partial charge in [-0.2, -0.15) is 0 Å². The van der Waals surface area contributed by atoms with Gasteiger partial charge in [0, 0.05) is 20.8 Å². The van der Waals surface area contributed by atoms with Crippen LogP contribution in [0.15, 0.2) is 12.7 Å². The molecule has 0 amide bonds. The van der Waals surface area contributed by atoms with Gasteiger partial charge in [-0.1, -0.05) is 28.6 Å². The minimum absolute atomic E-state index is 0.0932. The summed E-state index contributed by atoms with van der Waals surface area (Å²) in [5, 5.41) is -1.01. The molecule has 1 fully saturated rings. The van der Waals surface area contributed by atoms with E-state index in [1.54, 1.807) is 0 Å². The highest BCUT2D eigenvalue weighted by atomic mass is 79.9. The van der Waals surface area contributed by atoms with Gasteiger partial charge in [-0.15, -0.1) is 0 Å². The van der Waals surface area contributed by atoms with Crippen LogP contribution in [0, 0.1) is 0 Å². The van der Waals surface area contributed by atoms with Crippen LogP contribution >= 0.6 is 15.9 Å². The standard InChI is InChI=1S/C15H19BrO9/c1-5-6-21-15(20)13-11(23-8(3)18)10(22-7(2)17)12(14(16)25-13)24-9(4)19/h5,10-14H,1,6H2,2-4H3/t10-,11-,12+,13-,14?/m0/s1. The highest BCUT2D eigenvalue weighted by Gasteiger charge is 2.54. The summed E-state index contributed by atoms with van der Waals surface area (Å²) in [6.45, 7) is 6.71. The van der Waals surface area contributed by atoms with Crippen molar-refractivity contribution in [3.05, 3.63) is 12.7 Å². The van der Waals surface area contributed by atoms with E-state index in [9.17, 15) is 19.2 Å². The molecule has 0 spiro atoms. The monoisotopic (exact) mass is 422 g/mol. The zero-order valence-corrected chi connectivity index (χ0v) is 15.5. The fraction of sp³-hybridized carbons (Fsp3) is 0.600. The Morgan fingerprint density at radius 1 is 0.960 bits per heavy atom. The first-order valence-electron chi connectivity index (χ1n) is 7.26. The average molecular weight is 423 g/mol.